The van der Waals surface area contributed by atoms with Crippen molar-refractivity contribution in [2.75, 3.05) is 5.75 Å². The number of carbonyl (C=O) groups is 1. The van der Waals surface area contributed by atoms with Crippen LogP contribution in [-0.4, -0.2) is 21.8 Å². The van der Waals surface area contributed by atoms with E-state index in [0.717, 1.165) is 23.4 Å². The van der Waals surface area contributed by atoms with Gasteiger partial charge in [0, 0.05) is 11.4 Å². The Morgan fingerprint density at radius 1 is 1.39 bits per heavy atom. The molecule has 0 bridgehead atoms. The topological polar surface area (TPSA) is 50.2 Å². The highest BCUT2D eigenvalue weighted by molar-refractivity contribution is 7.99. The lowest BCUT2D eigenvalue weighted by Gasteiger charge is -2.17. The average Bonchev–Trinajstić information content (AvgIpc) is 2.13. The van der Waals surface area contributed by atoms with Crippen molar-refractivity contribution in [3.8, 4) is 0 Å². The fourth-order valence-corrected chi connectivity index (χ4v) is 3.13. The fourth-order valence-electron chi connectivity index (χ4n) is 1.62. The van der Waals surface area contributed by atoms with Crippen molar-refractivity contribution in [1.82, 2.24) is 4.98 Å². The first-order chi connectivity index (χ1) is 8.20. The number of aryl methyl sites for hydroxylation is 2. The van der Waals surface area contributed by atoms with Crippen LogP contribution in [-0.2, 0) is 0 Å². The third-order valence-electron chi connectivity index (χ3n) is 2.62. The summed E-state index contributed by atoms with van der Waals surface area (Å²) in [5.74, 6) is -0.00194. The predicted octanol–water partition coefficient (Wildman–Crippen LogP) is 3.92. The van der Waals surface area contributed by atoms with Gasteiger partial charge in [0.15, 0.2) is 0 Å². The molecule has 0 aliphatic rings. The molecule has 0 atom stereocenters. The van der Waals surface area contributed by atoms with Gasteiger partial charge in [0.25, 0.3) is 0 Å². The Labute approximate surface area is 113 Å². The number of hydrogen-bond donors (Lipinski definition) is 1. The van der Waals surface area contributed by atoms with E-state index in [1.807, 2.05) is 19.9 Å². The van der Waals surface area contributed by atoms with E-state index >= 15 is 0 Å². The van der Waals surface area contributed by atoms with Gasteiger partial charge in [-0.05, 0) is 37.3 Å². The van der Waals surface area contributed by atoms with Crippen LogP contribution in [0.3, 0.4) is 0 Å². The van der Waals surface area contributed by atoms with E-state index in [1.165, 1.54) is 11.8 Å². The summed E-state index contributed by atoms with van der Waals surface area (Å²) in [6, 6.07) is 1.82. The number of aromatic carboxylic acids is 1. The number of pyridine rings is 1. The van der Waals surface area contributed by atoms with Crippen LogP contribution in [0.4, 0.5) is 0 Å². The summed E-state index contributed by atoms with van der Waals surface area (Å²) in [7, 11) is 0. The van der Waals surface area contributed by atoms with Crippen LogP contribution in [0, 0.1) is 19.3 Å². The smallest absolute Gasteiger partial charge is 0.338 e. The van der Waals surface area contributed by atoms with Crippen LogP contribution < -0.4 is 0 Å². The molecule has 0 radical (unpaired) electrons. The summed E-state index contributed by atoms with van der Waals surface area (Å²) in [5.41, 5.74) is 2.26. The third kappa shape index (κ3) is 4.33. The predicted molar refractivity (Wildman–Crippen MR) is 75.5 cm³/mol. The third-order valence-corrected chi connectivity index (χ3v) is 3.59. The fraction of sp³-hybridized carbons (Fsp3) is 0.571. The molecule has 0 aliphatic carbocycles. The second-order valence-electron chi connectivity index (χ2n) is 5.72. The average molecular weight is 267 g/mol. The molecule has 0 spiro atoms. The Hall–Kier alpha value is -1.03. The van der Waals surface area contributed by atoms with Gasteiger partial charge in [-0.1, -0.05) is 20.8 Å². The number of carboxylic acids is 1. The van der Waals surface area contributed by atoms with Crippen molar-refractivity contribution in [2.24, 2.45) is 5.41 Å². The van der Waals surface area contributed by atoms with Gasteiger partial charge in [-0.15, -0.1) is 11.8 Å². The molecule has 0 aromatic carbocycles. The Balaban J connectivity index is 2.90. The molecule has 1 N–H and O–H groups in total. The Morgan fingerprint density at radius 3 is 2.50 bits per heavy atom. The van der Waals surface area contributed by atoms with Crippen LogP contribution in [0.5, 0.6) is 0 Å². The summed E-state index contributed by atoms with van der Waals surface area (Å²) in [6.45, 7) is 10.3. The van der Waals surface area contributed by atoms with Crippen LogP contribution in [0.1, 0.15) is 48.8 Å². The van der Waals surface area contributed by atoms with Crippen molar-refractivity contribution < 1.29 is 9.90 Å². The van der Waals surface area contributed by atoms with Crippen molar-refractivity contribution in [3.05, 3.63) is 22.9 Å². The normalized spacial score (nSPS) is 11.6. The lowest BCUT2D eigenvalue weighted by atomic mass is 9.94. The van der Waals surface area contributed by atoms with Gasteiger partial charge in [0.1, 0.15) is 5.03 Å². The van der Waals surface area contributed by atoms with Gasteiger partial charge in [-0.3, -0.25) is 0 Å². The molecule has 0 saturated heterocycles. The second kappa shape index (κ2) is 5.74. The molecule has 1 aromatic heterocycles. The van der Waals surface area contributed by atoms with Crippen molar-refractivity contribution in [1.29, 1.82) is 0 Å². The molecule has 0 aliphatic heterocycles. The molecule has 0 unspecified atom stereocenters. The molecule has 0 fully saturated rings. The number of nitrogens with zero attached hydrogens (tertiary/aromatic N) is 1. The summed E-state index contributed by atoms with van der Waals surface area (Å²) in [5, 5.41) is 9.89. The molecule has 0 amide bonds. The molecule has 18 heavy (non-hydrogen) atoms. The van der Waals surface area contributed by atoms with Gasteiger partial charge in [-0.25, -0.2) is 9.78 Å². The zero-order valence-electron chi connectivity index (χ0n) is 11.7. The molecule has 3 nitrogen and oxygen atoms in total. The Kier molecular flexibility index (Phi) is 4.79. The molecular formula is C14H21NO2S. The van der Waals surface area contributed by atoms with E-state index in [1.54, 1.807) is 0 Å². The van der Waals surface area contributed by atoms with Crippen molar-refractivity contribution >= 4 is 17.7 Å². The minimum absolute atomic E-state index is 0.259. The van der Waals surface area contributed by atoms with Crippen LogP contribution in [0.15, 0.2) is 11.1 Å². The van der Waals surface area contributed by atoms with E-state index in [0.29, 0.717) is 10.6 Å². The monoisotopic (exact) mass is 267 g/mol. The van der Waals surface area contributed by atoms with Crippen molar-refractivity contribution in [3.63, 3.8) is 0 Å². The van der Waals surface area contributed by atoms with Gasteiger partial charge in [0.05, 0.1) is 5.56 Å². The standard InChI is InChI=1S/C14H21NO2S/c1-9-8-10(2)15-12(11(9)13(16)17)18-7-6-14(3,4)5/h8H,6-7H2,1-5H3,(H,16,17). The zero-order valence-corrected chi connectivity index (χ0v) is 12.5. The number of aromatic nitrogens is 1. The van der Waals surface area contributed by atoms with E-state index in [2.05, 4.69) is 25.8 Å². The number of thioether (sulfide) groups is 1. The van der Waals surface area contributed by atoms with Gasteiger partial charge >= 0.3 is 5.97 Å². The van der Waals surface area contributed by atoms with Gasteiger partial charge in [-0.2, -0.15) is 0 Å². The highest BCUT2D eigenvalue weighted by Gasteiger charge is 2.17. The number of carboxylic acid groups (broad SMARTS) is 1. The van der Waals surface area contributed by atoms with E-state index in [4.69, 9.17) is 0 Å². The van der Waals surface area contributed by atoms with E-state index in [9.17, 15) is 9.90 Å². The first-order valence-corrected chi connectivity index (χ1v) is 7.03. The van der Waals surface area contributed by atoms with Crippen LogP contribution in [0.2, 0.25) is 0 Å². The molecular weight excluding hydrogens is 246 g/mol. The highest BCUT2D eigenvalue weighted by Crippen LogP contribution is 2.28. The van der Waals surface area contributed by atoms with E-state index < -0.39 is 5.97 Å². The maximum Gasteiger partial charge on any atom is 0.338 e. The molecule has 0 saturated carbocycles. The quantitative estimate of drug-likeness (QED) is 0.840. The van der Waals surface area contributed by atoms with E-state index in [-0.39, 0.29) is 5.41 Å². The summed E-state index contributed by atoms with van der Waals surface area (Å²) in [6.07, 6.45) is 1.03. The van der Waals surface area contributed by atoms with Crippen molar-refractivity contribution in [2.45, 2.75) is 46.1 Å². The number of hydrogen-bond acceptors (Lipinski definition) is 3. The second-order valence-corrected chi connectivity index (χ2v) is 6.81. The molecule has 100 valence electrons. The maximum atomic E-state index is 11.3. The lowest BCUT2D eigenvalue weighted by Crippen LogP contribution is -2.08. The number of rotatable bonds is 4. The first kappa shape index (κ1) is 15.0. The first-order valence-electron chi connectivity index (χ1n) is 6.05. The summed E-state index contributed by atoms with van der Waals surface area (Å²) < 4.78 is 0. The molecule has 1 heterocycles. The SMILES string of the molecule is Cc1cc(C)c(C(=O)O)c(SCCC(C)(C)C)n1. The van der Waals surface area contributed by atoms with Gasteiger partial charge in [0.2, 0.25) is 0 Å². The molecule has 4 heteroatoms. The largest absolute Gasteiger partial charge is 0.478 e. The summed E-state index contributed by atoms with van der Waals surface area (Å²) in [4.78, 5) is 15.6. The Morgan fingerprint density at radius 2 is 2.00 bits per heavy atom. The van der Waals surface area contributed by atoms with Gasteiger partial charge < -0.3 is 5.11 Å². The highest BCUT2D eigenvalue weighted by atomic mass is 32.2. The molecule has 1 rings (SSSR count). The minimum Gasteiger partial charge on any atom is -0.478 e. The minimum atomic E-state index is -0.891. The van der Waals surface area contributed by atoms with Crippen LogP contribution in [0.25, 0.3) is 0 Å². The maximum absolute atomic E-state index is 11.3. The molecule has 1 aromatic rings. The Bertz CT molecular complexity index is 450. The lowest BCUT2D eigenvalue weighted by molar-refractivity contribution is 0.0691. The van der Waals surface area contributed by atoms with Crippen LogP contribution >= 0.6 is 11.8 Å². The summed E-state index contributed by atoms with van der Waals surface area (Å²) >= 11 is 1.54. The zero-order chi connectivity index (χ0) is 13.9.